The smallest absolute Gasteiger partial charge is 0.266 e. The van der Waals surface area contributed by atoms with E-state index < -0.39 is 0 Å². The number of carbonyl (C=O) groups is 1. The largest absolute Gasteiger partial charge is 0.419 e. The number of hydrogen-bond acceptors (Lipinski definition) is 5. The van der Waals surface area contributed by atoms with Gasteiger partial charge in [-0.15, -0.1) is 10.2 Å². The number of rotatable bonds is 5. The molecule has 1 amide bonds. The fourth-order valence-corrected chi connectivity index (χ4v) is 2.71. The van der Waals surface area contributed by atoms with E-state index in [-0.39, 0.29) is 5.91 Å². The molecule has 2 aromatic rings. The predicted molar refractivity (Wildman–Crippen MR) is 80.9 cm³/mol. The first-order valence-corrected chi connectivity index (χ1v) is 7.84. The van der Waals surface area contributed by atoms with Crippen LogP contribution >= 0.6 is 0 Å². The van der Waals surface area contributed by atoms with E-state index in [1.54, 1.807) is 6.20 Å². The van der Waals surface area contributed by atoms with Crippen molar-refractivity contribution in [3.8, 4) is 11.6 Å². The van der Waals surface area contributed by atoms with Crippen LogP contribution in [0, 0.1) is 0 Å². The molecule has 1 aliphatic rings. The lowest BCUT2D eigenvalue weighted by molar-refractivity contribution is -0.122. The summed E-state index contributed by atoms with van der Waals surface area (Å²) in [5.74, 6) is 0.923. The maximum absolute atomic E-state index is 11.9. The number of amides is 1. The van der Waals surface area contributed by atoms with E-state index in [1.165, 1.54) is 19.3 Å². The van der Waals surface area contributed by atoms with Gasteiger partial charge in [-0.25, -0.2) is 0 Å². The van der Waals surface area contributed by atoms with Gasteiger partial charge in [-0.1, -0.05) is 25.3 Å². The van der Waals surface area contributed by atoms with Crippen molar-refractivity contribution in [2.45, 2.75) is 51.0 Å². The van der Waals surface area contributed by atoms with Crippen LogP contribution in [0.25, 0.3) is 11.6 Å². The molecule has 0 bridgehead atoms. The van der Waals surface area contributed by atoms with Crippen LogP contribution in [0.4, 0.5) is 0 Å². The van der Waals surface area contributed by atoms with Gasteiger partial charge < -0.3 is 9.73 Å². The minimum Gasteiger partial charge on any atom is -0.419 e. The summed E-state index contributed by atoms with van der Waals surface area (Å²) < 4.78 is 5.55. The molecule has 0 atom stereocenters. The molecule has 0 aromatic carbocycles. The number of hydrogen-bond donors (Lipinski definition) is 1. The maximum atomic E-state index is 11.9. The molecule has 1 fully saturated rings. The Bertz CT molecular complexity index is 606. The lowest BCUT2D eigenvalue weighted by Crippen LogP contribution is -2.36. The molecular weight excluding hydrogens is 280 g/mol. The van der Waals surface area contributed by atoms with Crippen LogP contribution in [0.2, 0.25) is 0 Å². The predicted octanol–water partition coefficient (Wildman–Crippen LogP) is 2.51. The summed E-state index contributed by atoms with van der Waals surface area (Å²) in [6, 6.07) is 5.85. The van der Waals surface area contributed by atoms with Crippen molar-refractivity contribution in [3.63, 3.8) is 0 Å². The Kier molecular flexibility index (Phi) is 4.78. The highest BCUT2D eigenvalue weighted by Gasteiger charge is 2.16. The molecule has 3 rings (SSSR count). The van der Waals surface area contributed by atoms with Gasteiger partial charge in [-0.2, -0.15) is 0 Å². The molecule has 2 heterocycles. The van der Waals surface area contributed by atoms with E-state index in [1.807, 2.05) is 18.2 Å². The molecular formula is C16H20N4O2. The van der Waals surface area contributed by atoms with Gasteiger partial charge in [0.1, 0.15) is 5.69 Å². The monoisotopic (exact) mass is 300 g/mol. The van der Waals surface area contributed by atoms with Crippen LogP contribution in [-0.4, -0.2) is 27.1 Å². The van der Waals surface area contributed by atoms with Crippen LogP contribution in [0.3, 0.4) is 0 Å². The zero-order valence-electron chi connectivity index (χ0n) is 12.5. The zero-order chi connectivity index (χ0) is 15.2. The summed E-state index contributed by atoms with van der Waals surface area (Å²) >= 11 is 0. The Morgan fingerprint density at radius 1 is 1.23 bits per heavy atom. The molecule has 0 aliphatic heterocycles. The Labute approximate surface area is 129 Å². The zero-order valence-corrected chi connectivity index (χ0v) is 12.5. The summed E-state index contributed by atoms with van der Waals surface area (Å²) in [5.41, 5.74) is 0.646. The minimum absolute atomic E-state index is 0.0597. The normalized spacial score (nSPS) is 15.6. The topological polar surface area (TPSA) is 80.9 Å². The molecule has 0 unspecified atom stereocenters. The molecule has 0 saturated heterocycles. The molecule has 6 nitrogen and oxygen atoms in total. The standard InChI is InChI=1S/C16H20N4O2/c21-14(18-12-6-2-1-3-7-12)9-10-15-19-20-16(22-15)13-8-4-5-11-17-13/h4-5,8,11-12H,1-3,6-7,9-10H2,(H,18,21). The summed E-state index contributed by atoms with van der Waals surface area (Å²) in [5, 5.41) is 11.0. The fourth-order valence-electron chi connectivity index (χ4n) is 2.71. The first-order valence-electron chi connectivity index (χ1n) is 7.84. The van der Waals surface area contributed by atoms with Gasteiger partial charge in [0.05, 0.1) is 0 Å². The molecule has 0 radical (unpaired) electrons. The second kappa shape index (κ2) is 7.15. The third kappa shape index (κ3) is 3.90. The van der Waals surface area contributed by atoms with Crippen molar-refractivity contribution in [2.75, 3.05) is 0 Å². The lowest BCUT2D eigenvalue weighted by atomic mass is 9.95. The average molecular weight is 300 g/mol. The third-order valence-corrected chi connectivity index (χ3v) is 3.89. The highest BCUT2D eigenvalue weighted by molar-refractivity contribution is 5.76. The van der Waals surface area contributed by atoms with Gasteiger partial charge in [-0.3, -0.25) is 9.78 Å². The Hall–Kier alpha value is -2.24. The molecule has 0 spiro atoms. The molecule has 1 aliphatic carbocycles. The summed E-state index contributed by atoms with van der Waals surface area (Å²) in [4.78, 5) is 16.1. The summed E-state index contributed by atoms with van der Waals surface area (Å²) in [6.07, 6.45) is 8.40. The SMILES string of the molecule is O=C(CCc1nnc(-c2ccccn2)o1)NC1CCCCC1. The second-order valence-electron chi connectivity index (χ2n) is 5.62. The summed E-state index contributed by atoms with van der Waals surface area (Å²) in [6.45, 7) is 0. The number of nitrogens with one attached hydrogen (secondary N) is 1. The molecule has 2 aromatic heterocycles. The highest BCUT2D eigenvalue weighted by Crippen LogP contribution is 2.18. The number of carbonyl (C=O) groups excluding carboxylic acids is 1. The minimum atomic E-state index is 0.0597. The number of aryl methyl sites for hydroxylation is 1. The van der Waals surface area contributed by atoms with Crippen molar-refractivity contribution in [1.82, 2.24) is 20.5 Å². The fraction of sp³-hybridized carbons (Fsp3) is 0.500. The van der Waals surface area contributed by atoms with E-state index in [0.717, 1.165) is 12.8 Å². The highest BCUT2D eigenvalue weighted by atomic mass is 16.4. The van der Waals surface area contributed by atoms with E-state index in [9.17, 15) is 4.79 Å². The second-order valence-corrected chi connectivity index (χ2v) is 5.62. The van der Waals surface area contributed by atoms with Crippen molar-refractivity contribution in [3.05, 3.63) is 30.3 Å². The van der Waals surface area contributed by atoms with Gasteiger partial charge >= 0.3 is 0 Å². The van der Waals surface area contributed by atoms with E-state index in [4.69, 9.17) is 4.42 Å². The van der Waals surface area contributed by atoms with Crippen molar-refractivity contribution >= 4 is 5.91 Å². The van der Waals surface area contributed by atoms with Crippen molar-refractivity contribution in [1.29, 1.82) is 0 Å². The van der Waals surface area contributed by atoms with E-state index in [2.05, 4.69) is 20.5 Å². The number of pyridine rings is 1. The quantitative estimate of drug-likeness (QED) is 0.917. The van der Waals surface area contributed by atoms with Gasteiger partial charge in [0, 0.05) is 25.1 Å². The van der Waals surface area contributed by atoms with Gasteiger partial charge in [0.2, 0.25) is 11.8 Å². The van der Waals surface area contributed by atoms with Crippen LogP contribution in [0.5, 0.6) is 0 Å². The third-order valence-electron chi connectivity index (χ3n) is 3.89. The first kappa shape index (κ1) is 14.7. The van der Waals surface area contributed by atoms with Gasteiger partial charge in [0.25, 0.3) is 5.89 Å². The molecule has 22 heavy (non-hydrogen) atoms. The van der Waals surface area contributed by atoms with Gasteiger partial charge in [0.15, 0.2) is 0 Å². The Morgan fingerprint density at radius 3 is 2.86 bits per heavy atom. The molecule has 1 N–H and O–H groups in total. The molecule has 1 saturated carbocycles. The lowest BCUT2D eigenvalue weighted by Gasteiger charge is -2.22. The van der Waals surface area contributed by atoms with Crippen molar-refractivity contribution in [2.24, 2.45) is 0 Å². The van der Waals surface area contributed by atoms with Crippen molar-refractivity contribution < 1.29 is 9.21 Å². The van der Waals surface area contributed by atoms with E-state index >= 15 is 0 Å². The van der Waals surface area contributed by atoms with Crippen LogP contribution < -0.4 is 5.32 Å². The number of aromatic nitrogens is 3. The first-order chi connectivity index (χ1) is 10.8. The maximum Gasteiger partial charge on any atom is 0.266 e. The average Bonchev–Trinajstić information content (AvgIpc) is 3.04. The summed E-state index contributed by atoms with van der Waals surface area (Å²) in [7, 11) is 0. The Morgan fingerprint density at radius 2 is 2.09 bits per heavy atom. The van der Waals surface area contributed by atoms with Gasteiger partial charge in [-0.05, 0) is 25.0 Å². The van der Waals surface area contributed by atoms with Crippen LogP contribution in [-0.2, 0) is 11.2 Å². The Balaban J connectivity index is 1.49. The van der Waals surface area contributed by atoms with E-state index in [0.29, 0.717) is 36.4 Å². The van der Waals surface area contributed by atoms with Crippen LogP contribution in [0.1, 0.15) is 44.4 Å². The number of nitrogens with zero attached hydrogens (tertiary/aromatic N) is 3. The molecule has 6 heteroatoms. The van der Waals surface area contributed by atoms with Crippen LogP contribution in [0.15, 0.2) is 28.8 Å². The molecule has 116 valence electrons.